The molecular weight excluding hydrogens is 282 g/mol. The van der Waals surface area contributed by atoms with Crippen LogP contribution in [0, 0.1) is 0 Å². The van der Waals surface area contributed by atoms with Crippen molar-refractivity contribution in [3.05, 3.63) is 12.3 Å². The zero-order valence-electron chi connectivity index (χ0n) is 12.6. The molecule has 0 N–H and O–H groups in total. The first-order valence-corrected chi connectivity index (χ1v) is 8.48. The van der Waals surface area contributed by atoms with Crippen molar-refractivity contribution in [1.29, 1.82) is 0 Å². The number of ether oxygens (including phenoxy) is 1. The number of carbonyl (C=O) groups is 1. The Morgan fingerprint density at radius 3 is 2.25 bits per heavy atom. The van der Waals surface area contributed by atoms with Crippen LogP contribution >= 0.6 is 0 Å². The molecule has 1 amide bonds. The van der Waals surface area contributed by atoms with Gasteiger partial charge in [-0.3, -0.25) is 4.18 Å². The van der Waals surface area contributed by atoms with Gasteiger partial charge in [0.25, 0.3) is 10.1 Å². The molecule has 0 aromatic carbocycles. The maximum Gasteiger partial charge on any atom is 0.521 e. The van der Waals surface area contributed by atoms with E-state index in [0.29, 0.717) is 13.1 Å². The average molecular weight is 306 g/mol. The Morgan fingerprint density at radius 2 is 1.80 bits per heavy atom. The number of quaternary nitrogens is 1. The fraction of sp³-hybridized carbons (Fsp3) is 0.769. The summed E-state index contributed by atoms with van der Waals surface area (Å²) >= 11 is 0. The zero-order valence-corrected chi connectivity index (χ0v) is 13.4. The zero-order chi connectivity index (χ0) is 15.4. The average Bonchev–Trinajstić information content (AvgIpc) is 2.70. The van der Waals surface area contributed by atoms with Gasteiger partial charge < -0.3 is 4.74 Å². The normalized spacial score (nSPS) is 19.4. The van der Waals surface area contributed by atoms with Gasteiger partial charge in [0.1, 0.15) is 11.8 Å². The summed E-state index contributed by atoms with van der Waals surface area (Å²) in [7, 11) is -3.46. The molecule has 6 nitrogen and oxygen atoms in total. The van der Waals surface area contributed by atoms with E-state index in [1.165, 1.54) is 0 Å². The Labute approximate surface area is 121 Å². The molecule has 1 heterocycles. The molecule has 0 unspecified atom stereocenters. The highest BCUT2D eigenvalue weighted by atomic mass is 32.2. The van der Waals surface area contributed by atoms with Crippen molar-refractivity contribution in [2.75, 3.05) is 26.0 Å². The number of likely N-dealkylation sites (tertiary alicyclic amines) is 1. The maximum absolute atomic E-state index is 12.3. The Hall–Kier alpha value is -0.920. The van der Waals surface area contributed by atoms with Crippen molar-refractivity contribution in [3.63, 3.8) is 0 Å². The van der Waals surface area contributed by atoms with E-state index in [1.807, 2.05) is 20.8 Å². The molecule has 7 heteroatoms. The SMILES string of the molecule is CC(C)(C)OC(=O)[N+]1(/C=C/COS(C)(=O)=O)CCCC1. The second kappa shape index (κ2) is 6.24. The fourth-order valence-corrected chi connectivity index (χ4v) is 2.38. The summed E-state index contributed by atoms with van der Waals surface area (Å²) in [6.45, 7) is 6.76. The van der Waals surface area contributed by atoms with Gasteiger partial charge in [-0.1, -0.05) is 0 Å². The van der Waals surface area contributed by atoms with Crippen molar-refractivity contribution in [2.24, 2.45) is 0 Å². The number of rotatable bonds is 4. The standard InChI is InChI=1S/C13H24NO5S/c1-13(2,3)19-12(15)14(8-5-6-9-14)10-7-11-18-20(4,16)17/h7,10H,5-6,8-9,11H2,1-4H3/q+1/b10-7+. The Morgan fingerprint density at radius 1 is 1.25 bits per heavy atom. The first-order chi connectivity index (χ1) is 9.04. The van der Waals surface area contributed by atoms with Crippen LogP contribution < -0.4 is 0 Å². The van der Waals surface area contributed by atoms with Crippen molar-refractivity contribution < 1.29 is 26.6 Å². The van der Waals surface area contributed by atoms with Gasteiger partial charge in [0, 0.05) is 12.8 Å². The van der Waals surface area contributed by atoms with Crippen LogP contribution in [0.5, 0.6) is 0 Å². The number of amides is 1. The maximum atomic E-state index is 12.3. The lowest BCUT2D eigenvalue weighted by Gasteiger charge is -2.29. The van der Waals surface area contributed by atoms with Crippen LogP contribution in [-0.2, 0) is 19.0 Å². The number of hydrogen-bond donors (Lipinski definition) is 0. The molecule has 0 aromatic rings. The third-order valence-electron chi connectivity index (χ3n) is 2.89. The van der Waals surface area contributed by atoms with Gasteiger partial charge in [-0.2, -0.15) is 17.7 Å². The minimum absolute atomic E-state index is 0.0678. The largest absolute Gasteiger partial charge is 0.521 e. The third-order valence-corrected chi connectivity index (χ3v) is 3.45. The molecule has 0 aromatic heterocycles. The topological polar surface area (TPSA) is 69.7 Å². The number of nitrogens with zero attached hydrogens (tertiary/aromatic N) is 1. The third kappa shape index (κ3) is 5.60. The molecule has 1 aliphatic heterocycles. The lowest BCUT2D eigenvalue weighted by atomic mass is 10.2. The van der Waals surface area contributed by atoms with E-state index in [2.05, 4.69) is 4.18 Å². The Kier molecular flexibility index (Phi) is 5.34. The molecule has 1 fully saturated rings. The summed E-state index contributed by atoms with van der Waals surface area (Å²) in [5, 5.41) is 0. The summed E-state index contributed by atoms with van der Waals surface area (Å²) in [5.41, 5.74) is -0.540. The highest BCUT2D eigenvalue weighted by Gasteiger charge is 2.41. The molecule has 1 aliphatic rings. The lowest BCUT2D eigenvalue weighted by Crippen LogP contribution is -2.48. The predicted octanol–water partition coefficient (Wildman–Crippen LogP) is 2.02. The van der Waals surface area contributed by atoms with Crippen LogP contribution in [0.1, 0.15) is 33.6 Å². The summed E-state index contributed by atoms with van der Waals surface area (Å²) in [6.07, 6.45) is 5.83. The molecule has 20 heavy (non-hydrogen) atoms. The van der Waals surface area contributed by atoms with E-state index in [9.17, 15) is 13.2 Å². The molecule has 116 valence electrons. The highest BCUT2D eigenvalue weighted by Crippen LogP contribution is 2.24. The van der Waals surface area contributed by atoms with E-state index in [1.54, 1.807) is 12.3 Å². The van der Waals surface area contributed by atoms with E-state index in [0.717, 1.165) is 19.1 Å². The lowest BCUT2D eigenvalue weighted by molar-refractivity contribution is -0.794. The minimum atomic E-state index is -3.46. The van der Waals surface area contributed by atoms with Gasteiger partial charge in [0.15, 0.2) is 0 Å². The molecule has 0 aliphatic carbocycles. The summed E-state index contributed by atoms with van der Waals surface area (Å²) in [5.74, 6) is 0. The van der Waals surface area contributed by atoms with Crippen molar-refractivity contribution in [2.45, 2.75) is 39.2 Å². The quantitative estimate of drug-likeness (QED) is 0.587. The fourth-order valence-electron chi connectivity index (χ4n) is 2.05. The van der Waals surface area contributed by atoms with Crippen LogP contribution in [0.15, 0.2) is 12.3 Å². The molecule has 1 rings (SSSR count). The van der Waals surface area contributed by atoms with Crippen molar-refractivity contribution >= 4 is 16.2 Å². The van der Waals surface area contributed by atoms with Gasteiger partial charge in [0.05, 0.1) is 26.0 Å². The first kappa shape index (κ1) is 17.1. The van der Waals surface area contributed by atoms with E-state index in [4.69, 9.17) is 4.74 Å². The van der Waals surface area contributed by atoms with Crippen LogP contribution in [-0.4, -0.2) is 50.5 Å². The molecule has 0 saturated carbocycles. The second-order valence-electron chi connectivity index (χ2n) is 6.04. The van der Waals surface area contributed by atoms with Gasteiger partial charge >= 0.3 is 6.09 Å². The van der Waals surface area contributed by atoms with Gasteiger partial charge in [-0.05, 0) is 26.8 Å². The number of hydrogen-bond acceptors (Lipinski definition) is 5. The minimum Gasteiger partial charge on any atom is -0.414 e. The van der Waals surface area contributed by atoms with Crippen LogP contribution in [0.3, 0.4) is 0 Å². The molecule has 0 atom stereocenters. The van der Waals surface area contributed by atoms with Crippen molar-refractivity contribution in [1.82, 2.24) is 0 Å². The molecule has 0 bridgehead atoms. The van der Waals surface area contributed by atoms with Crippen LogP contribution in [0.4, 0.5) is 4.79 Å². The number of carbonyl (C=O) groups excluding carboxylic acids is 1. The van der Waals surface area contributed by atoms with Gasteiger partial charge in [-0.25, -0.2) is 0 Å². The van der Waals surface area contributed by atoms with E-state index in [-0.39, 0.29) is 17.2 Å². The first-order valence-electron chi connectivity index (χ1n) is 6.67. The second-order valence-corrected chi connectivity index (χ2v) is 7.69. The van der Waals surface area contributed by atoms with Gasteiger partial charge in [-0.15, -0.1) is 0 Å². The monoisotopic (exact) mass is 306 g/mol. The van der Waals surface area contributed by atoms with Crippen molar-refractivity contribution in [3.8, 4) is 0 Å². The molecule has 1 saturated heterocycles. The predicted molar refractivity (Wildman–Crippen MR) is 75.4 cm³/mol. The van der Waals surface area contributed by atoms with E-state index < -0.39 is 15.7 Å². The smallest absolute Gasteiger partial charge is 0.414 e. The Balaban J connectivity index is 2.72. The Bertz CT molecular complexity index is 469. The highest BCUT2D eigenvalue weighted by molar-refractivity contribution is 7.85. The van der Waals surface area contributed by atoms with E-state index >= 15 is 0 Å². The van der Waals surface area contributed by atoms with Crippen LogP contribution in [0.25, 0.3) is 0 Å². The molecular formula is C13H24NO5S+. The summed E-state index contributed by atoms with van der Waals surface area (Å²) < 4.78 is 31.9. The summed E-state index contributed by atoms with van der Waals surface area (Å²) in [4.78, 5) is 12.3. The van der Waals surface area contributed by atoms with Gasteiger partial charge in [0.2, 0.25) is 0 Å². The molecule has 0 spiro atoms. The van der Waals surface area contributed by atoms with Crippen LogP contribution in [0.2, 0.25) is 0 Å². The summed E-state index contributed by atoms with van der Waals surface area (Å²) in [6, 6.07) is 0. The molecule has 0 radical (unpaired) electrons.